The van der Waals surface area contributed by atoms with Crippen molar-refractivity contribution in [1.29, 1.82) is 0 Å². The van der Waals surface area contributed by atoms with Crippen LogP contribution in [0.4, 0.5) is 10.6 Å². The molecule has 2 heterocycles. The summed E-state index contributed by atoms with van der Waals surface area (Å²) in [6.45, 7) is 5.01. The second-order valence-electron chi connectivity index (χ2n) is 5.10. The third-order valence-corrected chi connectivity index (χ3v) is 3.49. The Morgan fingerprint density at radius 2 is 2.05 bits per heavy atom. The minimum Gasteiger partial charge on any atom is -0.465 e. The van der Waals surface area contributed by atoms with E-state index in [0.717, 1.165) is 5.82 Å². The van der Waals surface area contributed by atoms with E-state index in [0.29, 0.717) is 25.3 Å². The SMILES string of the molecule is C[C@@H]1CN(c2ccnc(CCO)n2)C[C@H](C)N1C(=O)O. The summed E-state index contributed by atoms with van der Waals surface area (Å²) in [6, 6.07) is 1.64. The van der Waals surface area contributed by atoms with Crippen LogP contribution < -0.4 is 4.90 Å². The van der Waals surface area contributed by atoms with E-state index in [9.17, 15) is 9.90 Å². The predicted molar refractivity (Wildman–Crippen MR) is 73.8 cm³/mol. The fourth-order valence-electron chi connectivity index (χ4n) is 2.67. The molecule has 1 aromatic heterocycles. The van der Waals surface area contributed by atoms with Gasteiger partial charge in [0, 0.05) is 25.7 Å². The Hall–Kier alpha value is -1.89. The van der Waals surface area contributed by atoms with E-state index < -0.39 is 6.09 Å². The number of piperazine rings is 1. The molecule has 0 bridgehead atoms. The highest BCUT2D eigenvalue weighted by Gasteiger charge is 2.33. The summed E-state index contributed by atoms with van der Waals surface area (Å²) in [6.07, 6.45) is 1.22. The summed E-state index contributed by atoms with van der Waals surface area (Å²) < 4.78 is 0. The molecule has 0 radical (unpaired) electrons. The molecule has 110 valence electrons. The van der Waals surface area contributed by atoms with E-state index in [1.165, 1.54) is 4.90 Å². The van der Waals surface area contributed by atoms with Crippen LogP contribution in [0.25, 0.3) is 0 Å². The molecule has 1 saturated heterocycles. The van der Waals surface area contributed by atoms with Gasteiger partial charge in [-0.2, -0.15) is 0 Å². The van der Waals surface area contributed by atoms with Gasteiger partial charge < -0.3 is 15.1 Å². The summed E-state index contributed by atoms with van der Waals surface area (Å²) >= 11 is 0. The minimum atomic E-state index is -0.881. The van der Waals surface area contributed by atoms with Crippen LogP contribution in [0.2, 0.25) is 0 Å². The molecule has 1 aliphatic heterocycles. The third-order valence-electron chi connectivity index (χ3n) is 3.49. The number of aliphatic hydroxyl groups excluding tert-OH is 1. The molecular weight excluding hydrogens is 260 g/mol. The first-order valence-electron chi connectivity index (χ1n) is 6.72. The molecule has 0 aromatic carbocycles. The lowest BCUT2D eigenvalue weighted by Crippen LogP contribution is -2.58. The number of amides is 1. The van der Waals surface area contributed by atoms with Gasteiger partial charge in [-0.05, 0) is 19.9 Å². The van der Waals surface area contributed by atoms with Gasteiger partial charge in [-0.3, -0.25) is 4.90 Å². The number of rotatable bonds is 3. The van der Waals surface area contributed by atoms with Crippen LogP contribution in [-0.2, 0) is 6.42 Å². The predicted octanol–water partition coefficient (Wildman–Crippen LogP) is 0.588. The Balaban J connectivity index is 2.15. The average Bonchev–Trinajstić information content (AvgIpc) is 2.38. The Morgan fingerprint density at radius 1 is 1.40 bits per heavy atom. The van der Waals surface area contributed by atoms with Crippen LogP contribution in [0, 0.1) is 0 Å². The van der Waals surface area contributed by atoms with Crippen LogP contribution in [0.1, 0.15) is 19.7 Å². The zero-order chi connectivity index (χ0) is 14.7. The van der Waals surface area contributed by atoms with E-state index in [4.69, 9.17) is 5.11 Å². The monoisotopic (exact) mass is 280 g/mol. The Morgan fingerprint density at radius 3 is 2.60 bits per heavy atom. The lowest BCUT2D eigenvalue weighted by molar-refractivity contribution is 0.0980. The van der Waals surface area contributed by atoms with Crippen LogP contribution in [0.15, 0.2) is 12.3 Å². The van der Waals surface area contributed by atoms with Crippen molar-refractivity contribution >= 4 is 11.9 Å². The molecule has 2 N–H and O–H groups in total. The van der Waals surface area contributed by atoms with Crippen molar-refractivity contribution in [3.8, 4) is 0 Å². The first-order valence-corrected chi connectivity index (χ1v) is 6.72. The molecule has 1 aromatic rings. The van der Waals surface area contributed by atoms with Gasteiger partial charge in [0.1, 0.15) is 11.6 Å². The van der Waals surface area contributed by atoms with Gasteiger partial charge in [-0.25, -0.2) is 14.8 Å². The highest BCUT2D eigenvalue weighted by Crippen LogP contribution is 2.20. The maximum atomic E-state index is 11.2. The van der Waals surface area contributed by atoms with Gasteiger partial charge in [0.25, 0.3) is 0 Å². The van der Waals surface area contributed by atoms with E-state index in [2.05, 4.69) is 14.9 Å². The van der Waals surface area contributed by atoms with Crippen molar-refractivity contribution < 1.29 is 15.0 Å². The van der Waals surface area contributed by atoms with Gasteiger partial charge in [0.15, 0.2) is 0 Å². The van der Waals surface area contributed by atoms with Gasteiger partial charge in [-0.1, -0.05) is 0 Å². The molecule has 1 aliphatic rings. The zero-order valence-electron chi connectivity index (χ0n) is 11.7. The number of anilines is 1. The Bertz CT molecular complexity index is 470. The molecule has 0 spiro atoms. The maximum Gasteiger partial charge on any atom is 0.407 e. The minimum absolute atomic E-state index is 0.0169. The van der Waals surface area contributed by atoms with Gasteiger partial charge in [0.05, 0.1) is 18.7 Å². The van der Waals surface area contributed by atoms with E-state index in [1.54, 1.807) is 6.20 Å². The number of carbonyl (C=O) groups is 1. The smallest absolute Gasteiger partial charge is 0.407 e. The van der Waals surface area contributed by atoms with Crippen molar-refractivity contribution in [3.05, 3.63) is 18.1 Å². The van der Waals surface area contributed by atoms with Crippen LogP contribution >= 0.6 is 0 Å². The average molecular weight is 280 g/mol. The standard InChI is InChI=1S/C13H20N4O3/c1-9-7-16(8-10(2)17(9)13(19)20)12-3-5-14-11(15-12)4-6-18/h3,5,9-10,18H,4,6-8H2,1-2H3,(H,19,20)/t9-,10+. The third kappa shape index (κ3) is 2.98. The van der Waals surface area contributed by atoms with Crippen molar-refractivity contribution in [1.82, 2.24) is 14.9 Å². The number of nitrogens with zero attached hydrogens (tertiary/aromatic N) is 4. The molecule has 7 heteroatoms. The van der Waals surface area contributed by atoms with Gasteiger partial charge >= 0.3 is 6.09 Å². The molecule has 0 aliphatic carbocycles. The van der Waals surface area contributed by atoms with Crippen LogP contribution in [0.3, 0.4) is 0 Å². The largest absolute Gasteiger partial charge is 0.465 e. The molecular formula is C13H20N4O3. The number of hydrogen-bond acceptors (Lipinski definition) is 5. The summed E-state index contributed by atoms with van der Waals surface area (Å²) in [5, 5.41) is 18.1. The van der Waals surface area contributed by atoms with Gasteiger partial charge in [0.2, 0.25) is 0 Å². The molecule has 2 rings (SSSR count). The highest BCUT2D eigenvalue weighted by molar-refractivity contribution is 5.66. The lowest BCUT2D eigenvalue weighted by atomic mass is 10.1. The van der Waals surface area contributed by atoms with E-state index in [-0.39, 0.29) is 18.7 Å². The second kappa shape index (κ2) is 6.04. The zero-order valence-corrected chi connectivity index (χ0v) is 11.7. The van der Waals surface area contributed by atoms with Crippen LogP contribution in [0.5, 0.6) is 0 Å². The van der Waals surface area contributed by atoms with Gasteiger partial charge in [-0.15, -0.1) is 0 Å². The van der Waals surface area contributed by atoms with Crippen molar-refractivity contribution in [2.75, 3.05) is 24.6 Å². The molecule has 1 amide bonds. The number of hydrogen-bond donors (Lipinski definition) is 2. The molecule has 7 nitrogen and oxygen atoms in total. The first kappa shape index (κ1) is 14.5. The summed E-state index contributed by atoms with van der Waals surface area (Å²) in [5.41, 5.74) is 0. The highest BCUT2D eigenvalue weighted by atomic mass is 16.4. The number of aliphatic hydroxyl groups is 1. The van der Waals surface area contributed by atoms with Crippen molar-refractivity contribution in [2.24, 2.45) is 0 Å². The Labute approximate surface area is 117 Å². The van der Waals surface area contributed by atoms with Crippen molar-refractivity contribution in [3.63, 3.8) is 0 Å². The summed E-state index contributed by atoms with van der Waals surface area (Å²) in [7, 11) is 0. The fraction of sp³-hybridized carbons (Fsp3) is 0.615. The lowest BCUT2D eigenvalue weighted by Gasteiger charge is -2.43. The van der Waals surface area contributed by atoms with E-state index >= 15 is 0 Å². The quantitative estimate of drug-likeness (QED) is 0.842. The normalized spacial score (nSPS) is 22.9. The molecule has 0 unspecified atom stereocenters. The first-order chi connectivity index (χ1) is 9.52. The van der Waals surface area contributed by atoms with E-state index in [1.807, 2.05) is 19.9 Å². The maximum absolute atomic E-state index is 11.2. The number of carboxylic acid groups (broad SMARTS) is 1. The van der Waals surface area contributed by atoms with Crippen LogP contribution in [-0.4, -0.2) is 63.0 Å². The molecule has 2 atom stereocenters. The van der Waals surface area contributed by atoms with Crippen molar-refractivity contribution in [2.45, 2.75) is 32.4 Å². The number of aromatic nitrogens is 2. The summed E-state index contributed by atoms with van der Waals surface area (Å²) in [4.78, 5) is 23.3. The Kier molecular flexibility index (Phi) is 4.39. The molecule has 0 saturated carbocycles. The summed E-state index contributed by atoms with van der Waals surface area (Å²) in [5.74, 6) is 1.39. The fourth-order valence-corrected chi connectivity index (χ4v) is 2.67. The molecule has 1 fully saturated rings. The topological polar surface area (TPSA) is 89.8 Å². The molecule has 20 heavy (non-hydrogen) atoms. The second-order valence-corrected chi connectivity index (χ2v) is 5.10.